The molecule has 18 heavy (non-hydrogen) atoms. The molecule has 0 saturated carbocycles. The first-order valence-corrected chi connectivity index (χ1v) is 7.53. The van der Waals surface area contributed by atoms with E-state index in [0.29, 0.717) is 0 Å². The molecule has 0 unspecified atom stereocenters. The molecule has 96 valence electrons. The highest BCUT2D eigenvalue weighted by molar-refractivity contribution is 7.99. The van der Waals surface area contributed by atoms with Crippen molar-refractivity contribution in [3.05, 3.63) is 35.4 Å². The Morgan fingerprint density at radius 2 is 2.00 bits per heavy atom. The molecule has 1 fully saturated rings. The average Bonchev–Trinajstić information content (AvgIpc) is 2.67. The molecule has 1 aromatic carbocycles. The fraction of sp³-hybridized carbons (Fsp3) is 0.467. The van der Waals surface area contributed by atoms with Crippen LogP contribution in [0.1, 0.15) is 17.5 Å². The lowest BCUT2D eigenvalue weighted by molar-refractivity contribution is 0.287. The quantitative estimate of drug-likeness (QED) is 0.823. The SMILES string of the molecule is OCC#Cc1ccc(CN2CCCSCC2)cc1. The van der Waals surface area contributed by atoms with Crippen molar-refractivity contribution in [3.8, 4) is 11.8 Å². The topological polar surface area (TPSA) is 23.5 Å². The van der Waals surface area contributed by atoms with E-state index in [4.69, 9.17) is 5.11 Å². The second-order valence-electron chi connectivity index (χ2n) is 4.40. The molecular formula is C15H19NOS. The van der Waals surface area contributed by atoms with Gasteiger partial charge in [0.1, 0.15) is 6.61 Å². The molecular weight excluding hydrogens is 242 g/mol. The van der Waals surface area contributed by atoms with Gasteiger partial charge in [0.25, 0.3) is 0 Å². The number of thioether (sulfide) groups is 1. The van der Waals surface area contributed by atoms with Crippen LogP contribution in [0.25, 0.3) is 0 Å². The van der Waals surface area contributed by atoms with Crippen LogP contribution in [-0.2, 0) is 6.54 Å². The van der Waals surface area contributed by atoms with Crippen LogP contribution in [0.15, 0.2) is 24.3 Å². The molecule has 3 heteroatoms. The lowest BCUT2D eigenvalue weighted by Gasteiger charge is -2.19. The van der Waals surface area contributed by atoms with Crippen molar-refractivity contribution in [2.24, 2.45) is 0 Å². The minimum Gasteiger partial charge on any atom is -0.384 e. The third kappa shape index (κ3) is 4.38. The summed E-state index contributed by atoms with van der Waals surface area (Å²) in [5.41, 5.74) is 2.32. The third-order valence-electron chi connectivity index (χ3n) is 2.99. The summed E-state index contributed by atoms with van der Waals surface area (Å²) in [7, 11) is 0. The van der Waals surface area contributed by atoms with Crippen LogP contribution in [0.3, 0.4) is 0 Å². The number of nitrogens with zero attached hydrogens (tertiary/aromatic N) is 1. The van der Waals surface area contributed by atoms with Gasteiger partial charge in [-0.05, 0) is 36.4 Å². The summed E-state index contributed by atoms with van der Waals surface area (Å²) in [6.45, 7) is 3.36. The van der Waals surface area contributed by atoms with Crippen LogP contribution < -0.4 is 0 Å². The van der Waals surface area contributed by atoms with Gasteiger partial charge >= 0.3 is 0 Å². The van der Waals surface area contributed by atoms with Gasteiger partial charge in [0, 0.05) is 24.4 Å². The Bertz CT molecular complexity index is 410. The van der Waals surface area contributed by atoms with Crippen LogP contribution in [0.2, 0.25) is 0 Å². The van der Waals surface area contributed by atoms with Crippen LogP contribution in [0.4, 0.5) is 0 Å². The van der Waals surface area contributed by atoms with Crippen molar-refractivity contribution in [2.75, 3.05) is 31.2 Å². The maximum absolute atomic E-state index is 8.64. The van der Waals surface area contributed by atoms with Gasteiger partial charge in [-0.15, -0.1) is 0 Å². The zero-order chi connectivity index (χ0) is 12.6. The van der Waals surface area contributed by atoms with Crippen LogP contribution in [0.5, 0.6) is 0 Å². The van der Waals surface area contributed by atoms with Crippen molar-refractivity contribution < 1.29 is 5.11 Å². The van der Waals surface area contributed by atoms with E-state index in [0.717, 1.165) is 12.1 Å². The molecule has 1 aliphatic rings. The summed E-state index contributed by atoms with van der Waals surface area (Å²) < 4.78 is 0. The Kier molecular flexibility index (Phi) is 5.60. The molecule has 0 spiro atoms. The summed E-state index contributed by atoms with van der Waals surface area (Å²) in [6.07, 6.45) is 1.30. The van der Waals surface area contributed by atoms with E-state index in [1.807, 2.05) is 12.1 Å². The maximum atomic E-state index is 8.64. The van der Waals surface area contributed by atoms with Crippen molar-refractivity contribution in [2.45, 2.75) is 13.0 Å². The zero-order valence-corrected chi connectivity index (χ0v) is 11.4. The highest BCUT2D eigenvalue weighted by atomic mass is 32.2. The van der Waals surface area contributed by atoms with Crippen molar-refractivity contribution >= 4 is 11.8 Å². The van der Waals surface area contributed by atoms with Gasteiger partial charge in [-0.2, -0.15) is 11.8 Å². The number of benzene rings is 1. The number of rotatable bonds is 2. The predicted octanol–water partition coefficient (Wildman–Crippen LogP) is 1.97. The Balaban J connectivity index is 1.92. The Labute approximate surface area is 113 Å². The van der Waals surface area contributed by atoms with Crippen molar-refractivity contribution in [1.82, 2.24) is 4.90 Å². The first-order valence-electron chi connectivity index (χ1n) is 6.37. The highest BCUT2D eigenvalue weighted by Gasteiger charge is 2.09. The molecule has 2 nitrogen and oxygen atoms in total. The predicted molar refractivity (Wildman–Crippen MR) is 77.6 cm³/mol. The minimum absolute atomic E-state index is 0.0762. The fourth-order valence-electron chi connectivity index (χ4n) is 2.05. The van der Waals surface area contributed by atoms with E-state index in [1.54, 1.807) is 0 Å². The fourth-order valence-corrected chi connectivity index (χ4v) is 2.97. The van der Waals surface area contributed by atoms with Crippen LogP contribution >= 0.6 is 11.8 Å². The molecule has 1 aromatic rings. The standard InChI is InChI=1S/C15H19NOS/c17-10-1-3-14-4-6-15(7-5-14)13-16-8-2-11-18-12-9-16/h4-7,17H,2,8-13H2. The van der Waals surface area contributed by atoms with Gasteiger partial charge in [-0.25, -0.2) is 0 Å². The molecule has 1 saturated heterocycles. The van der Waals surface area contributed by atoms with Gasteiger partial charge in [-0.1, -0.05) is 24.0 Å². The molecule has 0 bridgehead atoms. The average molecular weight is 261 g/mol. The smallest absolute Gasteiger partial charge is 0.104 e. The number of hydrogen-bond acceptors (Lipinski definition) is 3. The van der Waals surface area contributed by atoms with Crippen molar-refractivity contribution in [3.63, 3.8) is 0 Å². The van der Waals surface area contributed by atoms with E-state index in [2.05, 4.69) is 40.6 Å². The molecule has 2 rings (SSSR count). The lowest BCUT2D eigenvalue weighted by Crippen LogP contribution is -2.25. The summed E-state index contributed by atoms with van der Waals surface area (Å²) in [6, 6.07) is 8.34. The molecule has 1 N–H and O–H groups in total. The Morgan fingerprint density at radius 1 is 1.17 bits per heavy atom. The summed E-state index contributed by atoms with van der Waals surface area (Å²) in [4.78, 5) is 2.52. The van der Waals surface area contributed by atoms with Crippen LogP contribution in [-0.4, -0.2) is 41.2 Å². The number of aliphatic hydroxyl groups excluding tert-OH is 1. The normalized spacial score (nSPS) is 16.7. The van der Waals surface area contributed by atoms with Gasteiger partial charge in [0.05, 0.1) is 0 Å². The molecule has 0 aliphatic carbocycles. The maximum Gasteiger partial charge on any atom is 0.104 e. The Morgan fingerprint density at radius 3 is 2.78 bits per heavy atom. The van der Waals surface area contributed by atoms with E-state index in [1.165, 1.54) is 36.6 Å². The summed E-state index contributed by atoms with van der Waals surface area (Å²) >= 11 is 2.06. The van der Waals surface area contributed by atoms with Gasteiger partial charge in [0.15, 0.2) is 0 Å². The Hall–Kier alpha value is -0.950. The van der Waals surface area contributed by atoms with Crippen molar-refractivity contribution in [1.29, 1.82) is 0 Å². The first-order chi connectivity index (χ1) is 8.88. The molecule has 1 aliphatic heterocycles. The second kappa shape index (κ2) is 7.48. The largest absolute Gasteiger partial charge is 0.384 e. The van der Waals surface area contributed by atoms with E-state index in [-0.39, 0.29) is 6.61 Å². The van der Waals surface area contributed by atoms with Crippen LogP contribution in [0, 0.1) is 11.8 Å². The molecule has 0 amide bonds. The van der Waals surface area contributed by atoms with Gasteiger partial charge in [0.2, 0.25) is 0 Å². The molecule has 0 atom stereocenters. The van der Waals surface area contributed by atoms with Gasteiger partial charge < -0.3 is 5.11 Å². The summed E-state index contributed by atoms with van der Waals surface area (Å²) in [5.74, 6) is 8.13. The third-order valence-corrected chi connectivity index (χ3v) is 4.04. The zero-order valence-electron chi connectivity index (χ0n) is 10.6. The lowest BCUT2D eigenvalue weighted by atomic mass is 10.1. The molecule has 0 radical (unpaired) electrons. The minimum atomic E-state index is -0.0762. The molecule has 1 heterocycles. The monoisotopic (exact) mass is 261 g/mol. The number of aliphatic hydroxyl groups is 1. The molecule has 0 aromatic heterocycles. The number of hydrogen-bond donors (Lipinski definition) is 1. The summed E-state index contributed by atoms with van der Waals surface area (Å²) in [5, 5.41) is 8.64. The second-order valence-corrected chi connectivity index (χ2v) is 5.62. The van der Waals surface area contributed by atoms with E-state index >= 15 is 0 Å². The first kappa shape index (κ1) is 13.5. The van der Waals surface area contributed by atoms with E-state index < -0.39 is 0 Å². The van der Waals surface area contributed by atoms with Gasteiger partial charge in [-0.3, -0.25) is 4.90 Å². The highest BCUT2D eigenvalue weighted by Crippen LogP contribution is 2.13. The van der Waals surface area contributed by atoms with E-state index in [9.17, 15) is 0 Å².